The molecule has 0 saturated heterocycles. The fraction of sp³-hybridized carbons (Fsp3) is 0.587. The number of hydrogen-bond acceptors (Lipinski definition) is 7. The second kappa shape index (κ2) is 22.3. The molecule has 2 atom stereocenters. The van der Waals surface area contributed by atoms with Crippen LogP contribution >= 0.6 is 0 Å². The number of nitrogens with zero attached hydrogens (tertiary/aromatic N) is 4. The van der Waals surface area contributed by atoms with Gasteiger partial charge in [0.25, 0.3) is 0 Å². The molecule has 2 heterocycles. The monoisotopic (exact) mass is 741 g/mol. The second-order valence-corrected chi connectivity index (χ2v) is 15.3. The molecule has 0 fully saturated rings. The van der Waals surface area contributed by atoms with Crippen LogP contribution in [0.4, 0.5) is 0 Å². The van der Waals surface area contributed by atoms with Crippen LogP contribution in [0.5, 0.6) is 23.0 Å². The van der Waals surface area contributed by atoms with Crippen LogP contribution in [-0.2, 0) is 7.05 Å². The van der Waals surface area contributed by atoms with Crippen LogP contribution in [0.25, 0.3) is 34.3 Å². The molecule has 0 bridgehead atoms. The molecule has 0 amide bonds. The number of ether oxygens (including phenoxy) is 2. The van der Waals surface area contributed by atoms with Crippen molar-refractivity contribution in [1.29, 1.82) is 0 Å². The molecule has 54 heavy (non-hydrogen) atoms. The summed E-state index contributed by atoms with van der Waals surface area (Å²) in [7, 11) is 1.94. The molecule has 2 N–H and O–H groups in total. The highest BCUT2D eigenvalue weighted by atomic mass is 16.5. The highest BCUT2D eigenvalue weighted by Gasteiger charge is 2.22. The van der Waals surface area contributed by atoms with E-state index in [1.54, 1.807) is 0 Å². The predicted octanol–water partition coefficient (Wildman–Crippen LogP) is 12.6. The van der Waals surface area contributed by atoms with Crippen LogP contribution in [0.15, 0.2) is 42.6 Å². The molecule has 0 aliphatic rings. The topological polar surface area (TPSA) is 103 Å². The smallest absolute Gasteiger partial charge is 0.180 e. The Labute approximate surface area is 325 Å². The van der Waals surface area contributed by atoms with E-state index in [0.717, 1.165) is 31.4 Å². The van der Waals surface area contributed by atoms with Crippen LogP contribution in [0.3, 0.4) is 0 Å². The molecule has 2 unspecified atom stereocenters. The Kier molecular flexibility index (Phi) is 17.7. The molecule has 0 radical (unpaired) electrons. The Balaban J connectivity index is 1.62. The van der Waals surface area contributed by atoms with Crippen LogP contribution in [0, 0.1) is 25.7 Å². The van der Waals surface area contributed by atoms with E-state index in [0.29, 0.717) is 76.3 Å². The summed E-state index contributed by atoms with van der Waals surface area (Å²) in [6.07, 6.45) is 21.3. The fourth-order valence-electron chi connectivity index (χ4n) is 7.20. The van der Waals surface area contributed by atoms with E-state index in [4.69, 9.17) is 24.4 Å². The molecule has 2 aromatic heterocycles. The van der Waals surface area contributed by atoms with E-state index in [1.165, 1.54) is 77.0 Å². The van der Waals surface area contributed by atoms with Gasteiger partial charge in [0.1, 0.15) is 23.0 Å². The maximum Gasteiger partial charge on any atom is 0.180 e. The maximum atomic E-state index is 11.6. The van der Waals surface area contributed by atoms with Crippen molar-refractivity contribution in [3.63, 3.8) is 0 Å². The van der Waals surface area contributed by atoms with Crippen LogP contribution in [-0.4, -0.2) is 42.9 Å². The number of rotatable bonds is 25. The minimum absolute atomic E-state index is 0.0759. The molecule has 0 saturated carbocycles. The minimum atomic E-state index is 0.0759. The molecule has 0 aliphatic heterocycles. The first-order chi connectivity index (χ1) is 26.2. The summed E-state index contributed by atoms with van der Waals surface area (Å²) in [6.45, 7) is 14.0. The predicted molar refractivity (Wildman–Crippen MR) is 222 cm³/mol. The van der Waals surface area contributed by atoms with Gasteiger partial charge in [0.2, 0.25) is 0 Å². The number of phenolic OH excluding ortho intramolecular Hbond substituents is 2. The highest BCUT2D eigenvalue weighted by Crippen LogP contribution is 2.40. The normalized spacial score (nSPS) is 12.6. The van der Waals surface area contributed by atoms with Gasteiger partial charge in [-0.05, 0) is 87.8 Å². The summed E-state index contributed by atoms with van der Waals surface area (Å²) in [5, 5.41) is 23.2. The third-order valence-electron chi connectivity index (χ3n) is 10.9. The number of aryl methyl sites for hydroxylation is 1. The van der Waals surface area contributed by atoms with E-state index in [1.807, 2.05) is 68.1 Å². The lowest BCUT2D eigenvalue weighted by Gasteiger charge is -2.20. The molecule has 2 aromatic carbocycles. The van der Waals surface area contributed by atoms with Gasteiger partial charge in [0, 0.05) is 24.4 Å². The Hall–Kier alpha value is -4.07. The maximum absolute atomic E-state index is 11.6. The number of hydrogen-bond donors (Lipinski definition) is 2. The van der Waals surface area contributed by atoms with Gasteiger partial charge in [-0.1, -0.05) is 105 Å². The molecular formula is C46H68N4O4. The van der Waals surface area contributed by atoms with Gasteiger partial charge in [-0.2, -0.15) is 0 Å². The molecule has 0 aliphatic carbocycles. The fourth-order valence-corrected chi connectivity index (χ4v) is 7.20. The van der Waals surface area contributed by atoms with Crippen molar-refractivity contribution in [3.8, 4) is 57.3 Å². The van der Waals surface area contributed by atoms with Crippen molar-refractivity contribution in [2.24, 2.45) is 18.9 Å². The largest absolute Gasteiger partial charge is 0.507 e. The summed E-state index contributed by atoms with van der Waals surface area (Å²) >= 11 is 0. The standard InChI is InChI=1S/C46H68N4O4/c1-8-12-16-18-23-35(21-14-10-3)31-53-40-28-26-37(42(51)33(40)5)44-47-45(49-46(48-44)39-25-20-30-50(39)7)38-27-29-41(34(6)43(38)52)54-32-36(22-15-11-4)24-19-17-13-9-2/h20,25-30,35-36,51-52H,8-19,21-24,31-32H2,1-7H3. The van der Waals surface area contributed by atoms with E-state index in [9.17, 15) is 10.2 Å². The average Bonchev–Trinajstić information content (AvgIpc) is 3.61. The lowest BCUT2D eigenvalue weighted by atomic mass is 9.96. The second-order valence-electron chi connectivity index (χ2n) is 15.3. The first kappa shape index (κ1) is 42.7. The molecule has 8 nitrogen and oxygen atoms in total. The van der Waals surface area contributed by atoms with E-state index in [2.05, 4.69) is 27.7 Å². The number of phenols is 2. The van der Waals surface area contributed by atoms with Crippen molar-refractivity contribution >= 4 is 0 Å². The molecular weight excluding hydrogens is 673 g/mol. The zero-order valence-electron chi connectivity index (χ0n) is 34.4. The number of unbranched alkanes of at least 4 members (excludes halogenated alkanes) is 8. The Morgan fingerprint density at radius 3 is 1.39 bits per heavy atom. The number of benzene rings is 2. The number of aromatic hydroxyl groups is 2. The number of aromatic nitrogens is 4. The van der Waals surface area contributed by atoms with Crippen LogP contribution < -0.4 is 9.47 Å². The molecule has 0 spiro atoms. The van der Waals surface area contributed by atoms with Crippen molar-refractivity contribution in [2.45, 2.75) is 144 Å². The Bertz CT molecular complexity index is 1620. The van der Waals surface area contributed by atoms with E-state index in [-0.39, 0.29) is 11.5 Å². The minimum Gasteiger partial charge on any atom is -0.507 e. The SMILES string of the molecule is CCCCCCC(CCCC)COc1ccc(-c2nc(-c3ccc(OCC(CCCC)CCCCCC)c(C)c3O)nc(-c3cccn3C)n2)c(O)c1C. The van der Waals surface area contributed by atoms with Crippen molar-refractivity contribution in [1.82, 2.24) is 19.5 Å². The van der Waals surface area contributed by atoms with Crippen molar-refractivity contribution in [2.75, 3.05) is 13.2 Å². The molecule has 4 rings (SSSR count). The lowest BCUT2D eigenvalue weighted by molar-refractivity contribution is 0.223. The van der Waals surface area contributed by atoms with Gasteiger partial charge < -0.3 is 24.3 Å². The lowest BCUT2D eigenvalue weighted by Crippen LogP contribution is -2.13. The van der Waals surface area contributed by atoms with Crippen molar-refractivity contribution < 1.29 is 19.7 Å². The first-order valence-electron chi connectivity index (χ1n) is 21.0. The van der Waals surface area contributed by atoms with Gasteiger partial charge in [-0.3, -0.25) is 0 Å². The van der Waals surface area contributed by atoms with Crippen LogP contribution in [0.1, 0.15) is 142 Å². The summed E-state index contributed by atoms with van der Waals surface area (Å²) in [5.74, 6) is 3.56. The summed E-state index contributed by atoms with van der Waals surface area (Å²) in [5.41, 5.74) is 3.06. The zero-order valence-corrected chi connectivity index (χ0v) is 34.4. The van der Waals surface area contributed by atoms with Gasteiger partial charge in [0.15, 0.2) is 17.5 Å². The summed E-state index contributed by atoms with van der Waals surface area (Å²) < 4.78 is 14.7. The molecule has 8 heteroatoms. The zero-order chi connectivity index (χ0) is 38.9. The first-order valence-corrected chi connectivity index (χ1v) is 21.0. The quantitative estimate of drug-likeness (QED) is 0.0652. The van der Waals surface area contributed by atoms with Gasteiger partial charge in [0.05, 0.1) is 30.0 Å². The Morgan fingerprint density at radius 1 is 0.556 bits per heavy atom. The average molecular weight is 741 g/mol. The highest BCUT2D eigenvalue weighted by molar-refractivity contribution is 5.74. The van der Waals surface area contributed by atoms with E-state index < -0.39 is 0 Å². The van der Waals surface area contributed by atoms with E-state index >= 15 is 0 Å². The molecule has 4 aromatic rings. The Morgan fingerprint density at radius 2 is 0.981 bits per heavy atom. The molecule has 296 valence electrons. The van der Waals surface area contributed by atoms with Gasteiger partial charge in [-0.25, -0.2) is 15.0 Å². The van der Waals surface area contributed by atoms with Gasteiger partial charge >= 0.3 is 0 Å². The summed E-state index contributed by atoms with van der Waals surface area (Å²) in [6, 6.07) is 11.4. The summed E-state index contributed by atoms with van der Waals surface area (Å²) in [4.78, 5) is 14.6. The van der Waals surface area contributed by atoms with Crippen LogP contribution in [0.2, 0.25) is 0 Å². The van der Waals surface area contributed by atoms with Crippen molar-refractivity contribution in [3.05, 3.63) is 53.7 Å². The van der Waals surface area contributed by atoms with Gasteiger partial charge in [-0.15, -0.1) is 0 Å². The third-order valence-corrected chi connectivity index (χ3v) is 10.9. The third kappa shape index (κ3) is 12.0.